The Hall–Kier alpha value is -4.64. The van der Waals surface area contributed by atoms with Gasteiger partial charge in [-0.05, 0) is 52.9 Å². The van der Waals surface area contributed by atoms with Gasteiger partial charge < -0.3 is 4.90 Å². The van der Waals surface area contributed by atoms with Crippen molar-refractivity contribution in [3.05, 3.63) is 142 Å². The van der Waals surface area contributed by atoms with Crippen molar-refractivity contribution in [2.75, 3.05) is 4.90 Å². The third-order valence-electron chi connectivity index (χ3n) is 9.07. The number of hydrogen-bond acceptors (Lipinski definition) is 4. The number of para-hydroxylation sites is 1. The molecule has 3 aliphatic rings. The Morgan fingerprint density at radius 3 is 2.05 bits per heavy atom. The third kappa shape index (κ3) is 3.48. The lowest BCUT2D eigenvalue weighted by atomic mass is 9.64. The number of hydrogen-bond donors (Lipinski definition) is 0. The van der Waals surface area contributed by atoms with E-state index < -0.39 is 29.2 Å². The number of Topliss-reactive ketones (excluding diaryl/α,β-unsaturated/α-hetero) is 3. The molecule has 5 heteroatoms. The summed E-state index contributed by atoms with van der Waals surface area (Å²) in [5.41, 5.74) is 3.14. The van der Waals surface area contributed by atoms with Crippen LogP contribution in [0.2, 0.25) is 0 Å². The zero-order valence-corrected chi connectivity index (χ0v) is 22.8. The molecule has 1 fully saturated rings. The van der Waals surface area contributed by atoms with Crippen LogP contribution in [0.5, 0.6) is 0 Å². The van der Waals surface area contributed by atoms with Crippen molar-refractivity contribution in [1.29, 1.82) is 0 Å². The molecule has 4 aromatic rings. The number of carbonyl (C=O) groups is 3. The van der Waals surface area contributed by atoms with Crippen molar-refractivity contribution in [2.24, 2.45) is 5.41 Å². The van der Waals surface area contributed by atoms with Crippen molar-refractivity contribution >= 4 is 29.1 Å². The second kappa shape index (κ2) is 9.20. The summed E-state index contributed by atoms with van der Waals surface area (Å²) in [7, 11) is 0. The smallest absolute Gasteiger partial charge is 0.185 e. The first kappa shape index (κ1) is 25.3. The number of ketones is 3. The summed E-state index contributed by atoms with van der Waals surface area (Å²) in [5, 5.41) is 0. The van der Waals surface area contributed by atoms with E-state index in [0.717, 1.165) is 22.4 Å². The van der Waals surface area contributed by atoms with E-state index >= 15 is 0 Å². The average molecular weight is 542 g/mol. The molecule has 4 aromatic carbocycles. The van der Waals surface area contributed by atoms with Crippen LogP contribution in [-0.2, 0) is 0 Å². The first-order valence-electron chi connectivity index (χ1n) is 14.0. The standard InChI is InChI=1S/C36H28FNO3/c1-21(2)22-11-13-24(14-12-22)31-32(33(39)25-15-18-26(37)19-16-25)38-29-10-6-3-7-23(29)17-20-30(38)36(31)34(40)27-8-4-5-9-28(27)35(36)41/h3-21,30-32H,1-2H3/t30?,31-,32+/m0/s1. The molecule has 2 aliphatic heterocycles. The van der Waals surface area contributed by atoms with E-state index in [1.807, 2.05) is 65.6 Å². The maximum atomic E-state index is 14.7. The van der Waals surface area contributed by atoms with Gasteiger partial charge in [-0.15, -0.1) is 0 Å². The fourth-order valence-corrected chi connectivity index (χ4v) is 7.16. The maximum absolute atomic E-state index is 14.7. The van der Waals surface area contributed by atoms with Gasteiger partial charge in [0.1, 0.15) is 17.3 Å². The van der Waals surface area contributed by atoms with Crippen molar-refractivity contribution in [1.82, 2.24) is 0 Å². The molecule has 0 radical (unpaired) electrons. The number of benzene rings is 4. The minimum atomic E-state index is -1.55. The van der Waals surface area contributed by atoms with Crippen molar-refractivity contribution in [2.45, 2.75) is 37.8 Å². The van der Waals surface area contributed by atoms with Gasteiger partial charge in [-0.2, -0.15) is 0 Å². The number of halogens is 1. The van der Waals surface area contributed by atoms with E-state index in [1.165, 1.54) is 24.3 Å². The Morgan fingerprint density at radius 2 is 1.41 bits per heavy atom. The van der Waals surface area contributed by atoms with Crippen LogP contribution in [0, 0.1) is 11.2 Å². The molecule has 0 saturated carbocycles. The fraction of sp³-hybridized carbons (Fsp3) is 0.194. The number of fused-ring (bicyclic) bond motifs is 5. The predicted octanol–water partition coefficient (Wildman–Crippen LogP) is 7.27. The lowest BCUT2D eigenvalue weighted by molar-refractivity contribution is 0.0666. The van der Waals surface area contributed by atoms with Gasteiger partial charge in [-0.25, -0.2) is 4.39 Å². The molecule has 1 aliphatic carbocycles. The molecule has 0 bridgehead atoms. The minimum Gasteiger partial charge on any atom is -0.352 e. The molecule has 0 aromatic heterocycles. The van der Waals surface area contributed by atoms with Crippen LogP contribution in [0.4, 0.5) is 10.1 Å². The van der Waals surface area contributed by atoms with Gasteiger partial charge >= 0.3 is 0 Å². The topological polar surface area (TPSA) is 54.5 Å². The molecule has 202 valence electrons. The minimum absolute atomic E-state index is 0.258. The average Bonchev–Trinajstić information content (AvgIpc) is 3.43. The Bertz CT molecular complexity index is 1720. The van der Waals surface area contributed by atoms with Crippen LogP contribution < -0.4 is 4.90 Å². The van der Waals surface area contributed by atoms with Gasteiger partial charge in [-0.3, -0.25) is 14.4 Å². The van der Waals surface area contributed by atoms with Gasteiger partial charge in [0.05, 0.1) is 6.04 Å². The molecule has 7 rings (SSSR count). The molecule has 2 heterocycles. The molecule has 0 amide bonds. The summed E-state index contributed by atoms with van der Waals surface area (Å²) in [6, 6.07) is 26.6. The van der Waals surface area contributed by atoms with Gasteiger partial charge in [0, 0.05) is 28.3 Å². The molecule has 4 nitrogen and oxygen atoms in total. The summed E-state index contributed by atoms with van der Waals surface area (Å²) in [6.45, 7) is 4.21. The monoisotopic (exact) mass is 541 g/mol. The van der Waals surface area contributed by atoms with E-state index in [1.54, 1.807) is 24.3 Å². The van der Waals surface area contributed by atoms with Crippen LogP contribution in [0.3, 0.4) is 0 Å². The highest BCUT2D eigenvalue weighted by molar-refractivity contribution is 6.32. The van der Waals surface area contributed by atoms with Crippen LogP contribution in [0.25, 0.3) is 6.08 Å². The zero-order chi connectivity index (χ0) is 28.5. The van der Waals surface area contributed by atoms with E-state index in [2.05, 4.69) is 13.8 Å². The molecular formula is C36H28FNO3. The summed E-state index contributed by atoms with van der Waals surface area (Å²) in [6.07, 6.45) is 3.86. The molecule has 41 heavy (non-hydrogen) atoms. The number of carbonyl (C=O) groups excluding carboxylic acids is 3. The Kier molecular flexibility index (Phi) is 5.69. The van der Waals surface area contributed by atoms with Crippen LogP contribution in [0.1, 0.15) is 73.4 Å². The molecule has 0 N–H and O–H groups in total. The molecule has 1 saturated heterocycles. The van der Waals surface area contributed by atoms with E-state index in [-0.39, 0.29) is 17.3 Å². The highest BCUT2D eigenvalue weighted by Gasteiger charge is 2.71. The first-order chi connectivity index (χ1) is 19.8. The number of anilines is 1. The van der Waals surface area contributed by atoms with Gasteiger partial charge in [0.25, 0.3) is 0 Å². The Morgan fingerprint density at radius 1 is 0.805 bits per heavy atom. The van der Waals surface area contributed by atoms with Crippen molar-refractivity contribution in [3.8, 4) is 0 Å². The third-order valence-corrected chi connectivity index (χ3v) is 9.07. The second-order valence-corrected chi connectivity index (χ2v) is 11.5. The van der Waals surface area contributed by atoms with Crippen molar-refractivity contribution < 1.29 is 18.8 Å². The summed E-state index contributed by atoms with van der Waals surface area (Å²) >= 11 is 0. The predicted molar refractivity (Wildman–Crippen MR) is 157 cm³/mol. The Labute approximate surface area is 238 Å². The van der Waals surface area contributed by atoms with Gasteiger partial charge in [0.15, 0.2) is 17.3 Å². The number of rotatable bonds is 4. The highest BCUT2D eigenvalue weighted by Crippen LogP contribution is 2.61. The maximum Gasteiger partial charge on any atom is 0.185 e. The largest absolute Gasteiger partial charge is 0.352 e. The van der Waals surface area contributed by atoms with Gasteiger partial charge in [-0.1, -0.05) is 92.7 Å². The lowest BCUT2D eigenvalue weighted by Gasteiger charge is -2.37. The lowest BCUT2D eigenvalue weighted by Crippen LogP contribution is -2.48. The van der Waals surface area contributed by atoms with E-state index in [0.29, 0.717) is 22.6 Å². The van der Waals surface area contributed by atoms with Crippen LogP contribution >= 0.6 is 0 Å². The van der Waals surface area contributed by atoms with Crippen molar-refractivity contribution in [3.63, 3.8) is 0 Å². The van der Waals surface area contributed by atoms with Gasteiger partial charge in [0.2, 0.25) is 0 Å². The molecule has 1 unspecified atom stereocenters. The SMILES string of the molecule is CC(C)c1ccc([C@H]2[C@H](C(=O)c3ccc(F)cc3)N3c4ccccc4C=CC3C23C(=O)c2ccccc2C3=O)cc1. The highest BCUT2D eigenvalue weighted by atomic mass is 19.1. The summed E-state index contributed by atoms with van der Waals surface area (Å²) in [5.74, 6) is -1.71. The normalized spacial score (nSPS) is 21.8. The summed E-state index contributed by atoms with van der Waals surface area (Å²) in [4.78, 5) is 45.9. The summed E-state index contributed by atoms with van der Waals surface area (Å²) < 4.78 is 13.9. The van der Waals surface area contributed by atoms with E-state index in [9.17, 15) is 18.8 Å². The quantitative estimate of drug-likeness (QED) is 0.202. The van der Waals surface area contributed by atoms with Crippen LogP contribution in [0.15, 0.2) is 103 Å². The first-order valence-corrected chi connectivity index (χ1v) is 14.0. The molecular weight excluding hydrogens is 513 g/mol. The fourth-order valence-electron chi connectivity index (χ4n) is 7.16. The molecule has 1 spiro atoms. The van der Waals surface area contributed by atoms with Crippen LogP contribution in [-0.4, -0.2) is 29.4 Å². The number of nitrogens with zero attached hydrogens (tertiary/aromatic N) is 1. The second-order valence-electron chi connectivity index (χ2n) is 11.5. The molecule has 3 atom stereocenters. The zero-order valence-electron chi connectivity index (χ0n) is 22.8. The Balaban J connectivity index is 1.53. The van der Waals surface area contributed by atoms with E-state index in [4.69, 9.17) is 0 Å².